The molecule has 0 aromatic heterocycles. The molecular formula is C14H24N2O5. The van der Waals surface area contributed by atoms with Crippen LogP contribution in [-0.2, 0) is 19.1 Å². The van der Waals surface area contributed by atoms with Gasteiger partial charge >= 0.3 is 5.97 Å². The molecule has 0 aromatic rings. The van der Waals surface area contributed by atoms with Gasteiger partial charge in [-0.1, -0.05) is 13.3 Å². The molecule has 2 N–H and O–H groups in total. The fourth-order valence-electron chi connectivity index (χ4n) is 2.24. The topological polar surface area (TPSA) is 95.9 Å². The van der Waals surface area contributed by atoms with Gasteiger partial charge in [0, 0.05) is 25.6 Å². The number of carboxylic acid groups (broad SMARTS) is 1. The number of carbonyl (C=O) groups excluding carboxylic acids is 2. The predicted octanol–water partition coefficient (Wildman–Crippen LogP) is 0.243. The average Bonchev–Trinajstić information content (AvgIpc) is 2.47. The summed E-state index contributed by atoms with van der Waals surface area (Å²) in [6.07, 6.45) is 3.30. The molecule has 7 nitrogen and oxygen atoms in total. The van der Waals surface area contributed by atoms with E-state index in [1.54, 1.807) is 4.90 Å². The van der Waals surface area contributed by atoms with Gasteiger partial charge in [-0.05, 0) is 19.3 Å². The molecule has 1 aliphatic rings. The molecule has 1 saturated heterocycles. The normalized spacial score (nSPS) is 15.8. The van der Waals surface area contributed by atoms with Crippen molar-refractivity contribution in [3.05, 3.63) is 0 Å². The summed E-state index contributed by atoms with van der Waals surface area (Å²) in [5.74, 6) is -1.28. The van der Waals surface area contributed by atoms with Crippen LogP contribution >= 0.6 is 0 Å². The molecule has 1 aliphatic heterocycles. The second-order valence-corrected chi connectivity index (χ2v) is 5.19. The van der Waals surface area contributed by atoms with Crippen molar-refractivity contribution in [1.29, 1.82) is 0 Å². The van der Waals surface area contributed by atoms with Crippen molar-refractivity contribution in [3.63, 3.8) is 0 Å². The Balaban J connectivity index is 2.23. The van der Waals surface area contributed by atoms with E-state index in [4.69, 9.17) is 9.84 Å². The Morgan fingerprint density at radius 2 is 1.90 bits per heavy atom. The van der Waals surface area contributed by atoms with Crippen LogP contribution in [0.25, 0.3) is 0 Å². The third kappa shape index (κ3) is 6.57. The van der Waals surface area contributed by atoms with Crippen LogP contribution < -0.4 is 5.32 Å². The van der Waals surface area contributed by atoms with Crippen LogP contribution in [0.2, 0.25) is 0 Å². The number of carbonyl (C=O) groups is 3. The maximum atomic E-state index is 11.9. The number of ether oxygens (including phenoxy) is 1. The molecule has 1 fully saturated rings. The summed E-state index contributed by atoms with van der Waals surface area (Å²) >= 11 is 0. The van der Waals surface area contributed by atoms with Crippen LogP contribution in [0.4, 0.5) is 0 Å². The first-order valence-electron chi connectivity index (χ1n) is 7.39. The number of unbranched alkanes of at least 4 members (excludes halogenated alkanes) is 1. The summed E-state index contributed by atoms with van der Waals surface area (Å²) in [7, 11) is 0. The fraction of sp³-hybridized carbons (Fsp3) is 0.786. The third-order valence-electron chi connectivity index (χ3n) is 3.50. The zero-order valence-electron chi connectivity index (χ0n) is 12.5. The number of carboxylic acids is 1. The minimum Gasteiger partial charge on any atom is -0.480 e. The zero-order chi connectivity index (χ0) is 15.7. The van der Waals surface area contributed by atoms with Crippen LogP contribution in [0.5, 0.6) is 0 Å². The highest BCUT2D eigenvalue weighted by molar-refractivity contribution is 5.80. The van der Waals surface area contributed by atoms with Gasteiger partial charge in [-0.2, -0.15) is 0 Å². The molecular weight excluding hydrogens is 276 g/mol. The molecule has 120 valence electrons. The summed E-state index contributed by atoms with van der Waals surface area (Å²) < 4.78 is 4.78. The second-order valence-electron chi connectivity index (χ2n) is 5.19. The summed E-state index contributed by atoms with van der Waals surface area (Å²) in [4.78, 5) is 35.6. The quantitative estimate of drug-likeness (QED) is 0.626. The van der Waals surface area contributed by atoms with Crippen LogP contribution in [0.1, 0.15) is 32.6 Å². The average molecular weight is 300 g/mol. The Hall–Kier alpha value is -1.63. The van der Waals surface area contributed by atoms with Gasteiger partial charge in [-0.25, -0.2) is 4.79 Å². The minimum atomic E-state index is -1.09. The van der Waals surface area contributed by atoms with Gasteiger partial charge in [0.1, 0.15) is 13.2 Å². The minimum absolute atomic E-state index is 0.0363. The summed E-state index contributed by atoms with van der Waals surface area (Å²) in [5, 5.41) is 11.3. The van der Waals surface area contributed by atoms with Gasteiger partial charge in [0.15, 0.2) is 0 Å². The largest absolute Gasteiger partial charge is 0.480 e. The van der Waals surface area contributed by atoms with E-state index in [1.807, 2.05) is 0 Å². The van der Waals surface area contributed by atoms with Gasteiger partial charge in [0.25, 0.3) is 0 Å². The van der Waals surface area contributed by atoms with Crippen molar-refractivity contribution in [2.24, 2.45) is 5.92 Å². The van der Waals surface area contributed by atoms with Gasteiger partial charge in [-0.3, -0.25) is 9.59 Å². The Kier molecular flexibility index (Phi) is 7.74. The number of aliphatic carboxylic acids is 1. The molecule has 1 heterocycles. The predicted molar refractivity (Wildman–Crippen MR) is 75.7 cm³/mol. The summed E-state index contributed by atoms with van der Waals surface area (Å²) in [5.41, 5.74) is 0. The number of hydrogen-bond acceptors (Lipinski definition) is 4. The summed E-state index contributed by atoms with van der Waals surface area (Å²) in [6.45, 7) is 3.12. The van der Waals surface area contributed by atoms with Crippen molar-refractivity contribution in [2.75, 3.05) is 32.8 Å². The molecule has 21 heavy (non-hydrogen) atoms. The lowest BCUT2D eigenvalue weighted by molar-refractivity contribution is -0.147. The van der Waals surface area contributed by atoms with Crippen molar-refractivity contribution >= 4 is 17.8 Å². The Labute approximate surface area is 124 Å². The molecule has 0 aliphatic carbocycles. The maximum absolute atomic E-state index is 11.9. The number of piperidine rings is 1. The molecule has 0 aromatic carbocycles. The van der Waals surface area contributed by atoms with Crippen LogP contribution in [0, 0.1) is 5.92 Å². The first-order valence-corrected chi connectivity index (χ1v) is 7.39. The van der Waals surface area contributed by atoms with E-state index in [0.29, 0.717) is 32.5 Å². The van der Waals surface area contributed by atoms with E-state index in [-0.39, 0.29) is 24.3 Å². The first-order chi connectivity index (χ1) is 10.0. The Bertz CT molecular complexity index is 364. The summed E-state index contributed by atoms with van der Waals surface area (Å²) in [6, 6.07) is 0. The van der Waals surface area contributed by atoms with E-state index >= 15 is 0 Å². The Morgan fingerprint density at radius 1 is 1.24 bits per heavy atom. The lowest BCUT2D eigenvalue weighted by Crippen LogP contribution is -2.44. The van der Waals surface area contributed by atoms with E-state index in [0.717, 1.165) is 12.8 Å². The molecule has 0 bridgehead atoms. The maximum Gasteiger partial charge on any atom is 0.329 e. The van der Waals surface area contributed by atoms with Crippen LogP contribution in [0.15, 0.2) is 0 Å². The monoisotopic (exact) mass is 300 g/mol. The lowest BCUT2D eigenvalue weighted by Gasteiger charge is -2.31. The van der Waals surface area contributed by atoms with Gasteiger partial charge in [0.2, 0.25) is 11.8 Å². The Morgan fingerprint density at radius 3 is 2.48 bits per heavy atom. The number of rotatable bonds is 8. The highest BCUT2D eigenvalue weighted by Gasteiger charge is 2.27. The van der Waals surface area contributed by atoms with Gasteiger partial charge in [0.05, 0.1) is 0 Å². The number of nitrogens with zero attached hydrogens (tertiary/aromatic N) is 1. The van der Waals surface area contributed by atoms with E-state index in [9.17, 15) is 14.4 Å². The molecule has 0 saturated carbocycles. The SMILES string of the molecule is CCCCNC(=O)C1CCN(C(=O)COCC(=O)O)CC1. The number of amides is 2. The van der Waals surface area contributed by atoms with E-state index < -0.39 is 12.6 Å². The van der Waals surface area contributed by atoms with Crippen molar-refractivity contribution in [2.45, 2.75) is 32.6 Å². The van der Waals surface area contributed by atoms with Gasteiger partial charge < -0.3 is 20.1 Å². The molecule has 0 radical (unpaired) electrons. The molecule has 0 unspecified atom stereocenters. The fourth-order valence-corrected chi connectivity index (χ4v) is 2.24. The molecule has 7 heteroatoms. The standard InChI is InChI=1S/C14H24N2O5/c1-2-3-6-15-14(20)11-4-7-16(8-5-11)12(17)9-21-10-13(18)19/h11H,2-10H2,1H3,(H,15,20)(H,18,19). The second kappa shape index (κ2) is 9.33. The zero-order valence-corrected chi connectivity index (χ0v) is 12.5. The smallest absolute Gasteiger partial charge is 0.329 e. The third-order valence-corrected chi connectivity index (χ3v) is 3.50. The van der Waals surface area contributed by atoms with E-state index in [1.165, 1.54) is 0 Å². The van der Waals surface area contributed by atoms with Crippen LogP contribution in [-0.4, -0.2) is 60.6 Å². The number of nitrogens with one attached hydrogen (secondary N) is 1. The lowest BCUT2D eigenvalue weighted by atomic mass is 9.96. The molecule has 0 atom stereocenters. The highest BCUT2D eigenvalue weighted by atomic mass is 16.5. The first kappa shape index (κ1) is 17.4. The number of likely N-dealkylation sites (tertiary alicyclic amines) is 1. The molecule has 1 rings (SSSR count). The highest BCUT2D eigenvalue weighted by Crippen LogP contribution is 2.17. The molecule has 0 spiro atoms. The molecule has 2 amide bonds. The van der Waals surface area contributed by atoms with Crippen molar-refractivity contribution < 1.29 is 24.2 Å². The van der Waals surface area contributed by atoms with Crippen LogP contribution in [0.3, 0.4) is 0 Å². The van der Waals surface area contributed by atoms with Gasteiger partial charge in [-0.15, -0.1) is 0 Å². The number of hydrogen-bond donors (Lipinski definition) is 2. The van der Waals surface area contributed by atoms with Crippen molar-refractivity contribution in [3.8, 4) is 0 Å². The van der Waals surface area contributed by atoms with Crippen molar-refractivity contribution in [1.82, 2.24) is 10.2 Å². The van der Waals surface area contributed by atoms with E-state index in [2.05, 4.69) is 12.2 Å².